The number of benzene rings is 1. The molecule has 1 heterocycles. The van der Waals surface area contributed by atoms with Gasteiger partial charge in [-0.15, -0.1) is 0 Å². The van der Waals surface area contributed by atoms with Crippen LogP contribution in [0, 0.1) is 5.92 Å². The van der Waals surface area contributed by atoms with Gasteiger partial charge >= 0.3 is 0 Å². The maximum Gasteiger partial charge on any atom is -0.00463 e. The van der Waals surface area contributed by atoms with Crippen molar-refractivity contribution < 1.29 is 0 Å². The first kappa shape index (κ1) is 11.4. The van der Waals surface area contributed by atoms with Gasteiger partial charge in [-0.05, 0) is 50.3 Å². The fourth-order valence-corrected chi connectivity index (χ4v) is 2.29. The molecule has 0 bridgehead atoms. The average Bonchev–Trinajstić information content (AvgIpc) is 2.37. The van der Waals surface area contributed by atoms with Gasteiger partial charge in [-0.25, -0.2) is 0 Å². The zero-order chi connectivity index (χ0) is 11.1. The molecule has 0 saturated carbocycles. The van der Waals surface area contributed by atoms with Crippen LogP contribution < -0.4 is 5.32 Å². The van der Waals surface area contributed by atoms with E-state index in [-0.39, 0.29) is 0 Å². The molecular formula is C15H21N. The third-order valence-electron chi connectivity index (χ3n) is 3.31. The van der Waals surface area contributed by atoms with Crippen molar-refractivity contribution in [3.8, 4) is 0 Å². The van der Waals surface area contributed by atoms with Gasteiger partial charge in [0.1, 0.15) is 0 Å². The van der Waals surface area contributed by atoms with Gasteiger partial charge in [-0.1, -0.05) is 42.5 Å². The van der Waals surface area contributed by atoms with Crippen molar-refractivity contribution in [1.29, 1.82) is 0 Å². The molecular weight excluding hydrogens is 194 g/mol. The van der Waals surface area contributed by atoms with Gasteiger partial charge in [0.2, 0.25) is 0 Å². The smallest absolute Gasteiger partial charge is 0.00463 e. The molecule has 0 radical (unpaired) electrons. The standard InChI is InChI=1S/C15H21N/c1-2-6-14(7-3-1)8-4-5-9-15-10-12-16-13-11-15/h1-4,6-8,15-16H,5,9-13H2. The summed E-state index contributed by atoms with van der Waals surface area (Å²) in [6.07, 6.45) is 9.85. The molecule has 1 aliphatic heterocycles. The van der Waals surface area contributed by atoms with Crippen molar-refractivity contribution in [2.24, 2.45) is 5.92 Å². The van der Waals surface area contributed by atoms with E-state index < -0.39 is 0 Å². The Bertz CT molecular complexity index is 309. The minimum absolute atomic E-state index is 0.946. The van der Waals surface area contributed by atoms with Crippen LogP contribution in [0.2, 0.25) is 0 Å². The maximum atomic E-state index is 3.41. The van der Waals surface area contributed by atoms with Gasteiger partial charge < -0.3 is 5.32 Å². The molecule has 0 spiro atoms. The molecule has 1 fully saturated rings. The second-order valence-corrected chi connectivity index (χ2v) is 4.58. The van der Waals surface area contributed by atoms with Gasteiger partial charge in [-0.3, -0.25) is 0 Å². The highest BCUT2D eigenvalue weighted by molar-refractivity contribution is 5.48. The predicted molar refractivity (Wildman–Crippen MR) is 70.3 cm³/mol. The second kappa shape index (κ2) is 6.49. The monoisotopic (exact) mass is 215 g/mol. The summed E-state index contributed by atoms with van der Waals surface area (Å²) in [5.41, 5.74) is 1.31. The first-order valence-electron chi connectivity index (χ1n) is 6.37. The summed E-state index contributed by atoms with van der Waals surface area (Å²) in [6.45, 7) is 2.43. The van der Waals surface area contributed by atoms with E-state index in [0.29, 0.717) is 0 Å². The van der Waals surface area contributed by atoms with Crippen molar-refractivity contribution in [2.45, 2.75) is 25.7 Å². The van der Waals surface area contributed by atoms with Crippen molar-refractivity contribution in [3.63, 3.8) is 0 Å². The lowest BCUT2D eigenvalue weighted by molar-refractivity contribution is 0.356. The average molecular weight is 215 g/mol. The number of rotatable bonds is 4. The molecule has 1 nitrogen and oxygen atoms in total. The van der Waals surface area contributed by atoms with E-state index >= 15 is 0 Å². The van der Waals surface area contributed by atoms with Crippen LogP contribution in [0.15, 0.2) is 36.4 Å². The molecule has 0 aliphatic carbocycles. The van der Waals surface area contributed by atoms with Crippen LogP contribution in [0.5, 0.6) is 0 Å². The lowest BCUT2D eigenvalue weighted by atomic mass is 9.93. The Morgan fingerprint density at radius 3 is 2.62 bits per heavy atom. The van der Waals surface area contributed by atoms with Crippen LogP contribution in [-0.4, -0.2) is 13.1 Å². The Kier molecular flexibility index (Phi) is 4.63. The van der Waals surface area contributed by atoms with Crippen LogP contribution in [0.25, 0.3) is 6.08 Å². The second-order valence-electron chi connectivity index (χ2n) is 4.58. The van der Waals surface area contributed by atoms with Crippen LogP contribution in [0.1, 0.15) is 31.2 Å². The van der Waals surface area contributed by atoms with E-state index in [4.69, 9.17) is 0 Å². The van der Waals surface area contributed by atoms with Gasteiger partial charge in [0.05, 0.1) is 0 Å². The largest absolute Gasteiger partial charge is 0.317 e. The highest BCUT2D eigenvalue weighted by Gasteiger charge is 2.11. The Balaban J connectivity index is 1.69. The Morgan fingerprint density at radius 2 is 1.88 bits per heavy atom. The van der Waals surface area contributed by atoms with Crippen LogP contribution in [0.3, 0.4) is 0 Å². The van der Waals surface area contributed by atoms with Crippen LogP contribution >= 0.6 is 0 Å². The maximum absolute atomic E-state index is 3.41. The van der Waals surface area contributed by atoms with Gasteiger partial charge in [0, 0.05) is 0 Å². The van der Waals surface area contributed by atoms with Gasteiger partial charge in [0.15, 0.2) is 0 Å². The Hall–Kier alpha value is -1.08. The van der Waals surface area contributed by atoms with Crippen molar-refractivity contribution in [3.05, 3.63) is 42.0 Å². The fraction of sp³-hybridized carbons (Fsp3) is 0.467. The Labute approximate surface area is 98.6 Å². The molecule has 86 valence electrons. The summed E-state index contributed by atoms with van der Waals surface area (Å²) in [5, 5.41) is 3.41. The molecule has 2 rings (SSSR count). The molecule has 1 heteroatoms. The van der Waals surface area contributed by atoms with Crippen molar-refractivity contribution in [1.82, 2.24) is 5.32 Å². The fourth-order valence-electron chi connectivity index (χ4n) is 2.29. The summed E-state index contributed by atoms with van der Waals surface area (Å²) in [7, 11) is 0. The molecule has 1 aliphatic rings. The van der Waals surface area contributed by atoms with E-state index in [2.05, 4.69) is 47.8 Å². The molecule has 1 N–H and O–H groups in total. The summed E-state index contributed by atoms with van der Waals surface area (Å²) < 4.78 is 0. The molecule has 1 aromatic carbocycles. The third kappa shape index (κ3) is 3.82. The first-order chi connectivity index (χ1) is 7.95. The van der Waals surface area contributed by atoms with Crippen LogP contribution in [0.4, 0.5) is 0 Å². The number of allylic oxidation sites excluding steroid dienone is 1. The highest BCUT2D eigenvalue weighted by Crippen LogP contribution is 2.18. The van der Waals surface area contributed by atoms with E-state index in [1.54, 1.807) is 0 Å². The van der Waals surface area contributed by atoms with Crippen molar-refractivity contribution in [2.75, 3.05) is 13.1 Å². The van der Waals surface area contributed by atoms with E-state index in [1.165, 1.54) is 44.3 Å². The summed E-state index contributed by atoms with van der Waals surface area (Å²) >= 11 is 0. The third-order valence-corrected chi connectivity index (χ3v) is 3.31. The number of piperidine rings is 1. The zero-order valence-electron chi connectivity index (χ0n) is 9.86. The molecule has 0 atom stereocenters. The normalized spacial score (nSPS) is 18.0. The minimum Gasteiger partial charge on any atom is -0.317 e. The predicted octanol–water partition coefficient (Wildman–Crippen LogP) is 3.48. The van der Waals surface area contributed by atoms with E-state index in [1.807, 2.05) is 0 Å². The van der Waals surface area contributed by atoms with Gasteiger partial charge in [-0.2, -0.15) is 0 Å². The quantitative estimate of drug-likeness (QED) is 0.811. The number of hydrogen-bond acceptors (Lipinski definition) is 1. The minimum atomic E-state index is 0.946. The molecule has 1 aromatic rings. The molecule has 0 amide bonds. The molecule has 0 aromatic heterocycles. The molecule has 16 heavy (non-hydrogen) atoms. The molecule has 0 unspecified atom stereocenters. The SMILES string of the molecule is C(=Cc1ccccc1)CCC1CCNCC1. The number of nitrogens with one attached hydrogen (secondary N) is 1. The lowest BCUT2D eigenvalue weighted by Gasteiger charge is -2.21. The summed E-state index contributed by atoms with van der Waals surface area (Å²) in [6, 6.07) is 10.5. The lowest BCUT2D eigenvalue weighted by Crippen LogP contribution is -2.27. The van der Waals surface area contributed by atoms with E-state index in [0.717, 1.165) is 5.92 Å². The first-order valence-corrected chi connectivity index (χ1v) is 6.37. The highest BCUT2D eigenvalue weighted by atomic mass is 14.9. The van der Waals surface area contributed by atoms with E-state index in [9.17, 15) is 0 Å². The van der Waals surface area contributed by atoms with Crippen LogP contribution in [-0.2, 0) is 0 Å². The summed E-state index contributed by atoms with van der Waals surface area (Å²) in [4.78, 5) is 0. The number of hydrogen-bond donors (Lipinski definition) is 1. The van der Waals surface area contributed by atoms with Gasteiger partial charge in [0.25, 0.3) is 0 Å². The van der Waals surface area contributed by atoms with Crippen molar-refractivity contribution >= 4 is 6.08 Å². The molecule has 1 saturated heterocycles. The summed E-state index contributed by atoms with van der Waals surface area (Å²) in [5.74, 6) is 0.946. The Morgan fingerprint density at radius 1 is 1.12 bits per heavy atom. The topological polar surface area (TPSA) is 12.0 Å². The zero-order valence-corrected chi connectivity index (χ0v) is 9.86.